The first-order valence-electron chi connectivity index (χ1n) is 5.10. The van der Waals surface area contributed by atoms with E-state index in [2.05, 4.69) is 50.8 Å². The molecular weight excluding hydrogens is 168 g/mol. The number of hydrogen-bond donors (Lipinski definition) is 0. The summed E-state index contributed by atoms with van der Waals surface area (Å²) in [6.45, 7) is 10.4. The fourth-order valence-electron chi connectivity index (χ4n) is 1.64. The van der Waals surface area contributed by atoms with Crippen LogP contribution in [0.3, 0.4) is 0 Å². The Bertz CT molecular complexity index is 436. The van der Waals surface area contributed by atoms with E-state index in [4.69, 9.17) is 0 Å². The van der Waals surface area contributed by atoms with Crippen molar-refractivity contribution in [3.8, 4) is 0 Å². The third-order valence-corrected chi connectivity index (χ3v) is 2.36. The second kappa shape index (κ2) is 4.80. The predicted octanol–water partition coefficient (Wildman–Crippen LogP) is 2.54. The van der Waals surface area contributed by atoms with Crippen LogP contribution in [0.2, 0.25) is 0 Å². The summed E-state index contributed by atoms with van der Waals surface area (Å²) in [5.74, 6) is 0. The van der Waals surface area contributed by atoms with E-state index in [1.165, 1.54) is 16.4 Å². The first-order valence-corrected chi connectivity index (χ1v) is 5.10. The minimum Gasteiger partial charge on any atom is -0.0911 e. The minimum atomic E-state index is 1.05. The second-order valence-corrected chi connectivity index (χ2v) is 3.54. The summed E-state index contributed by atoms with van der Waals surface area (Å²) in [6, 6.07) is 6.44. The summed E-state index contributed by atoms with van der Waals surface area (Å²) in [4.78, 5) is 0. The highest BCUT2D eigenvalue weighted by molar-refractivity contribution is 5.56. The van der Waals surface area contributed by atoms with Gasteiger partial charge < -0.3 is 0 Å². The topological polar surface area (TPSA) is 0 Å². The van der Waals surface area contributed by atoms with Crippen LogP contribution >= 0.6 is 0 Å². The van der Waals surface area contributed by atoms with Crippen molar-refractivity contribution in [2.45, 2.75) is 27.2 Å². The molecule has 1 aromatic rings. The SMILES string of the molecule is C=c1cc(C)ccc1=C(C=CC)CC. The van der Waals surface area contributed by atoms with Gasteiger partial charge in [0.1, 0.15) is 0 Å². The van der Waals surface area contributed by atoms with Crippen LogP contribution in [0.15, 0.2) is 30.4 Å². The molecule has 0 bridgehead atoms. The molecule has 1 aromatic carbocycles. The first-order chi connectivity index (χ1) is 6.69. The van der Waals surface area contributed by atoms with Gasteiger partial charge in [-0.15, -0.1) is 0 Å². The van der Waals surface area contributed by atoms with Crippen LogP contribution < -0.4 is 10.4 Å². The summed E-state index contributed by atoms with van der Waals surface area (Å²) in [5.41, 5.74) is 2.63. The van der Waals surface area contributed by atoms with Crippen LogP contribution in [0.5, 0.6) is 0 Å². The van der Waals surface area contributed by atoms with Crippen molar-refractivity contribution in [3.05, 3.63) is 46.4 Å². The molecule has 0 fully saturated rings. The Morgan fingerprint density at radius 1 is 1.43 bits per heavy atom. The summed E-state index contributed by atoms with van der Waals surface area (Å²) in [6.07, 6.45) is 5.30. The van der Waals surface area contributed by atoms with Gasteiger partial charge in [-0.3, -0.25) is 0 Å². The summed E-state index contributed by atoms with van der Waals surface area (Å²) in [7, 11) is 0. The number of hydrogen-bond acceptors (Lipinski definition) is 0. The molecule has 0 aliphatic carbocycles. The van der Waals surface area contributed by atoms with Gasteiger partial charge >= 0.3 is 0 Å². The highest BCUT2D eigenvalue weighted by Crippen LogP contribution is 2.00. The van der Waals surface area contributed by atoms with Crippen LogP contribution in [-0.4, -0.2) is 0 Å². The zero-order valence-electron chi connectivity index (χ0n) is 9.30. The summed E-state index contributed by atoms with van der Waals surface area (Å²) in [5, 5.41) is 2.40. The lowest BCUT2D eigenvalue weighted by molar-refractivity contribution is 1.23. The average molecular weight is 186 g/mol. The number of benzene rings is 1. The van der Waals surface area contributed by atoms with Crippen molar-refractivity contribution in [2.75, 3.05) is 0 Å². The predicted molar refractivity (Wildman–Crippen MR) is 64.5 cm³/mol. The molecular formula is C14H18. The van der Waals surface area contributed by atoms with E-state index in [-0.39, 0.29) is 0 Å². The zero-order chi connectivity index (χ0) is 10.6. The molecule has 0 radical (unpaired) electrons. The van der Waals surface area contributed by atoms with Gasteiger partial charge in [-0.1, -0.05) is 49.4 Å². The van der Waals surface area contributed by atoms with E-state index in [1.54, 1.807) is 0 Å². The molecule has 0 unspecified atom stereocenters. The van der Waals surface area contributed by atoms with Crippen LogP contribution in [-0.2, 0) is 0 Å². The van der Waals surface area contributed by atoms with E-state index in [0.717, 1.165) is 11.6 Å². The Hall–Kier alpha value is -1.30. The lowest BCUT2D eigenvalue weighted by atomic mass is 10.1. The molecule has 0 heteroatoms. The molecule has 74 valence electrons. The largest absolute Gasteiger partial charge is 0.0911 e. The van der Waals surface area contributed by atoms with Gasteiger partial charge in [0.2, 0.25) is 0 Å². The lowest BCUT2D eigenvalue weighted by Gasteiger charge is -1.99. The van der Waals surface area contributed by atoms with Gasteiger partial charge in [-0.05, 0) is 36.3 Å². The maximum Gasteiger partial charge on any atom is -0.0158 e. The number of allylic oxidation sites excluding steroid dienone is 2. The van der Waals surface area contributed by atoms with E-state index < -0.39 is 0 Å². The lowest BCUT2D eigenvalue weighted by Crippen LogP contribution is -2.25. The highest BCUT2D eigenvalue weighted by atomic mass is 14.0. The van der Waals surface area contributed by atoms with E-state index in [9.17, 15) is 0 Å². The fourth-order valence-corrected chi connectivity index (χ4v) is 1.64. The van der Waals surface area contributed by atoms with Gasteiger partial charge in [0.25, 0.3) is 0 Å². The second-order valence-electron chi connectivity index (χ2n) is 3.54. The normalized spacial score (nSPS) is 13.4. The molecule has 0 spiro atoms. The van der Waals surface area contributed by atoms with E-state index in [1.807, 2.05) is 6.92 Å². The molecule has 14 heavy (non-hydrogen) atoms. The quantitative estimate of drug-likeness (QED) is 0.666. The number of rotatable bonds is 2. The molecule has 0 saturated heterocycles. The van der Waals surface area contributed by atoms with Gasteiger partial charge in [-0.25, -0.2) is 0 Å². The monoisotopic (exact) mass is 186 g/mol. The molecule has 0 aliphatic rings. The van der Waals surface area contributed by atoms with Crippen molar-refractivity contribution in [1.82, 2.24) is 0 Å². The first kappa shape index (κ1) is 10.8. The van der Waals surface area contributed by atoms with Crippen LogP contribution in [0, 0.1) is 6.92 Å². The minimum absolute atomic E-state index is 1.05. The molecule has 0 nitrogen and oxygen atoms in total. The van der Waals surface area contributed by atoms with Crippen molar-refractivity contribution in [1.29, 1.82) is 0 Å². The smallest absolute Gasteiger partial charge is 0.0158 e. The average Bonchev–Trinajstić information content (AvgIpc) is 2.15. The molecule has 0 N–H and O–H groups in total. The van der Waals surface area contributed by atoms with Gasteiger partial charge in [-0.2, -0.15) is 0 Å². The molecule has 0 aliphatic heterocycles. The van der Waals surface area contributed by atoms with Crippen molar-refractivity contribution in [3.63, 3.8) is 0 Å². The van der Waals surface area contributed by atoms with Crippen molar-refractivity contribution in [2.24, 2.45) is 0 Å². The Labute approximate surface area is 86.3 Å². The molecule has 0 atom stereocenters. The molecule has 0 saturated carbocycles. The summed E-state index contributed by atoms with van der Waals surface area (Å²) < 4.78 is 0. The maximum atomic E-state index is 4.08. The Morgan fingerprint density at radius 3 is 2.64 bits per heavy atom. The van der Waals surface area contributed by atoms with E-state index in [0.29, 0.717) is 0 Å². The molecule has 0 heterocycles. The van der Waals surface area contributed by atoms with Crippen molar-refractivity contribution >= 4 is 12.2 Å². The highest BCUT2D eigenvalue weighted by Gasteiger charge is 1.92. The third kappa shape index (κ3) is 2.35. The molecule has 0 amide bonds. The standard InChI is InChI=1S/C14H18/c1-5-7-13(6-2)14-9-8-11(3)10-12(14)4/h5,7-10H,4,6H2,1-3H3. The van der Waals surface area contributed by atoms with Gasteiger partial charge in [0.15, 0.2) is 0 Å². The van der Waals surface area contributed by atoms with Gasteiger partial charge in [0.05, 0.1) is 0 Å². The molecule has 1 rings (SSSR count). The maximum absolute atomic E-state index is 4.08. The Kier molecular flexibility index (Phi) is 3.70. The van der Waals surface area contributed by atoms with Crippen LogP contribution in [0.25, 0.3) is 12.2 Å². The zero-order valence-corrected chi connectivity index (χ0v) is 9.30. The third-order valence-electron chi connectivity index (χ3n) is 2.36. The van der Waals surface area contributed by atoms with Crippen LogP contribution in [0.4, 0.5) is 0 Å². The molecule has 0 aromatic heterocycles. The fraction of sp³-hybridized carbons (Fsp3) is 0.286. The van der Waals surface area contributed by atoms with Gasteiger partial charge in [0, 0.05) is 0 Å². The van der Waals surface area contributed by atoms with E-state index >= 15 is 0 Å². The Balaban J connectivity index is 3.49. The van der Waals surface area contributed by atoms with Crippen molar-refractivity contribution < 1.29 is 0 Å². The summed E-state index contributed by atoms with van der Waals surface area (Å²) >= 11 is 0. The Morgan fingerprint density at radius 2 is 2.14 bits per heavy atom. The number of aryl methyl sites for hydroxylation is 1. The van der Waals surface area contributed by atoms with Crippen LogP contribution in [0.1, 0.15) is 25.8 Å².